The van der Waals surface area contributed by atoms with Crippen molar-refractivity contribution in [2.45, 2.75) is 31.0 Å². The molecule has 4 atom stereocenters. The highest BCUT2D eigenvalue weighted by atomic mass is 15.5. The zero-order chi connectivity index (χ0) is 35.1. The highest BCUT2D eigenvalue weighted by Gasteiger charge is 2.52. The molecule has 264 valence electrons. The Labute approximate surface area is 310 Å². The molecule has 5 aromatic heterocycles. The number of nitrogens with one attached hydrogen (secondary N) is 2. The van der Waals surface area contributed by atoms with Gasteiger partial charge in [0.1, 0.15) is 11.5 Å². The summed E-state index contributed by atoms with van der Waals surface area (Å²) in [5.41, 5.74) is 12.3. The lowest BCUT2D eigenvalue weighted by Gasteiger charge is -2.39. The van der Waals surface area contributed by atoms with Crippen LogP contribution < -0.4 is 15.5 Å². The molecule has 9 heterocycles. The fourth-order valence-electron chi connectivity index (χ4n) is 10.6. The van der Waals surface area contributed by atoms with Gasteiger partial charge in [-0.3, -0.25) is 22.9 Å². The molecule has 10 heteroatoms. The summed E-state index contributed by atoms with van der Waals surface area (Å²) in [5, 5.41) is 8.62. The second-order valence-corrected chi connectivity index (χ2v) is 15.5. The van der Waals surface area contributed by atoms with Crippen molar-refractivity contribution in [2.24, 2.45) is 5.92 Å². The van der Waals surface area contributed by atoms with Crippen LogP contribution in [0.1, 0.15) is 12.8 Å². The third-order valence-electron chi connectivity index (χ3n) is 12.8. The second kappa shape index (κ2) is 10.7. The van der Waals surface area contributed by atoms with Crippen molar-refractivity contribution in [3.05, 3.63) is 127 Å². The Balaban J connectivity index is 0.994. The van der Waals surface area contributed by atoms with Crippen molar-refractivity contribution in [2.75, 3.05) is 31.1 Å². The van der Waals surface area contributed by atoms with E-state index in [1.54, 1.807) is 0 Å². The first kappa shape index (κ1) is 29.4. The van der Waals surface area contributed by atoms with Crippen molar-refractivity contribution in [1.82, 2.24) is 43.4 Å². The van der Waals surface area contributed by atoms with E-state index in [-0.39, 0.29) is 0 Å². The SMILES string of the molecule is C1=C2N(c3ccc4cc5n(-c6cccc(-n7c8ccccc8n8c9ccccc9nc78)c6)c6cnccc6n5c4c3)C3CNCCC3N2C2CCNCC12. The molecule has 13 rings (SSSR count). The van der Waals surface area contributed by atoms with Gasteiger partial charge in [-0.15, -0.1) is 0 Å². The first-order valence-corrected chi connectivity index (χ1v) is 19.4. The molecule has 10 nitrogen and oxygen atoms in total. The summed E-state index contributed by atoms with van der Waals surface area (Å²) >= 11 is 0. The smallest absolute Gasteiger partial charge is 0.220 e. The molecule has 4 unspecified atom stereocenters. The number of aromatic nitrogens is 6. The van der Waals surface area contributed by atoms with Crippen molar-refractivity contribution in [3.8, 4) is 11.4 Å². The summed E-state index contributed by atoms with van der Waals surface area (Å²) in [6.45, 7) is 4.28. The van der Waals surface area contributed by atoms with Gasteiger partial charge in [-0.2, -0.15) is 0 Å². The predicted molar refractivity (Wildman–Crippen MR) is 215 cm³/mol. The largest absolute Gasteiger partial charge is 0.349 e. The van der Waals surface area contributed by atoms with E-state index in [0.29, 0.717) is 24.0 Å². The van der Waals surface area contributed by atoms with E-state index < -0.39 is 0 Å². The number of benzene rings is 4. The molecule has 0 amide bonds. The van der Waals surface area contributed by atoms with Gasteiger partial charge in [0.2, 0.25) is 5.78 Å². The van der Waals surface area contributed by atoms with Crippen LogP contribution in [0.3, 0.4) is 0 Å². The molecule has 0 spiro atoms. The van der Waals surface area contributed by atoms with Crippen LogP contribution in [0.25, 0.3) is 66.8 Å². The minimum absolute atomic E-state index is 0.422. The molecule has 9 aromatic rings. The van der Waals surface area contributed by atoms with E-state index in [2.05, 4.69) is 153 Å². The number of anilines is 1. The summed E-state index contributed by atoms with van der Waals surface area (Å²) in [4.78, 5) is 15.3. The van der Waals surface area contributed by atoms with Gasteiger partial charge < -0.3 is 20.4 Å². The highest BCUT2D eigenvalue weighted by molar-refractivity contribution is 5.98. The van der Waals surface area contributed by atoms with Crippen LogP contribution in [0.4, 0.5) is 5.69 Å². The van der Waals surface area contributed by atoms with E-state index in [1.807, 2.05) is 12.4 Å². The maximum Gasteiger partial charge on any atom is 0.220 e. The predicted octanol–water partition coefficient (Wildman–Crippen LogP) is 6.86. The molecule has 4 aliphatic heterocycles. The Morgan fingerprint density at radius 2 is 1.39 bits per heavy atom. The Morgan fingerprint density at radius 1 is 0.593 bits per heavy atom. The molecule has 0 saturated carbocycles. The number of rotatable bonds is 3. The van der Waals surface area contributed by atoms with Crippen LogP contribution >= 0.6 is 0 Å². The van der Waals surface area contributed by atoms with Crippen molar-refractivity contribution < 1.29 is 0 Å². The van der Waals surface area contributed by atoms with Crippen molar-refractivity contribution in [1.29, 1.82) is 0 Å². The van der Waals surface area contributed by atoms with Gasteiger partial charge in [-0.25, -0.2) is 4.98 Å². The molecule has 4 aliphatic rings. The number of hydrogen-bond acceptors (Lipinski definition) is 6. The Kier molecular flexibility index (Phi) is 5.84. The number of para-hydroxylation sites is 4. The van der Waals surface area contributed by atoms with Gasteiger partial charge in [0.05, 0.1) is 62.6 Å². The van der Waals surface area contributed by atoms with Crippen molar-refractivity contribution in [3.63, 3.8) is 0 Å². The standard InChI is InChI=1S/C44H38N10/c1-2-9-34-32(8-1)48-44-51(35-10-3-4-11-36(35)54(34)44)30-7-5-6-29(22-30)49-41-26-47-19-16-38(41)53-39-23-31(13-12-27(39)20-42(49)53)50-40-25-46-18-15-37(40)52-33-14-17-45-24-28(33)21-43(50)52/h1-13,16,19-23,26,28,33,37,40,45-46H,14-15,17-18,24-25H2. The minimum Gasteiger partial charge on any atom is -0.349 e. The van der Waals surface area contributed by atoms with Gasteiger partial charge in [-0.05, 0) is 98.7 Å². The van der Waals surface area contributed by atoms with Gasteiger partial charge >= 0.3 is 0 Å². The molecular formula is C44H38N10. The number of nitrogens with zero attached hydrogens (tertiary/aromatic N) is 8. The second-order valence-electron chi connectivity index (χ2n) is 15.5. The highest BCUT2D eigenvalue weighted by Crippen LogP contribution is 2.46. The van der Waals surface area contributed by atoms with E-state index in [1.165, 1.54) is 35.3 Å². The summed E-state index contributed by atoms with van der Waals surface area (Å²) in [6.07, 6.45) is 8.90. The Morgan fingerprint density at radius 3 is 2.31 bits per heavy atom. The number of pyridine rings is 1. The topological polar surface area (TPSA) is 75.0 Å². The average molecular weight is 707 g/mol. The third kappa shape index (κ3) is 3.81. The van der Waals surface area contributed by atoms with Crippen LogP contribution in [0, 0.1) is 5.92 Å². The Hall–Kier alpha value is -6.10. The molecule has 2 N–H and O–H groups in total. The van der Waals surface area contributed by atoms with Crippen LogP contribution in [0.15, 0.2) is 127 Å². The molecule has 4 aromatic carbocycles. The van der Waals surface area contributed by atoms with E-state index in [9.17, 15) is 0 Å². The normalized spacial score (nSPS) is 22.6. The molecule has 0 radical (unpaired) electrons. The van der Waals surface area contributed by atoms with E-state index >= 15 is 0 Å². The van der Waals surface area contributed by atoms with Gasteiger partial charge in [-0.1, -0.05) is 36.4 Å². The minimum atomic E-state index is 0.422. The van der Waals surface area contributed by atoms with Gasteiger partial charge in [0.15, 0.2) is 0 Å². The first-order chi connectivity index (χ1) is 26.8. The van der Waals surface area contributed by atoms with E-state index in [0.717, 1.165) is 82.1 Å². The zero-order valence-corrected chi connectivity index (χ0v) is 29.7. The van der Waals surface area contributed by atoms with Crippen LogP contribution in [-0.4, -0.2) is 77.1 Å². The summed E-state index contributed by atoms with van der Waals surface area (Å²) in [7, 11) is 0. The maximum absolute atomic E-state index is 5.14. The fraction of sp³-hybridized carbons (Fsp3) is 0.227. The summed E-state index contributed by atoms with van der Waals surface area (Å²) in [6, 6.07) is 39.0. The van der Waals surface area contributed by atoms with Crippen LogP contribution in [-0.2, 0) is 0 Å². The van der Waals surface area contributed by atoms with Gasteiger partial charge in [0, 0.05) is 48.0 Å². The lowest BCUT2D eigenvalue weighted by molar-refractivity contribution is 0.147. The van der Waals surface area contributed by atoms with Crippen LogP contribution in [0.5, 0.6) is 0 Å². The summed E-state index contributed by atoms with van der Waals surface area (Å²) < 4.78 is 9.37. The lowest BCUT2D eigenvalue weighted by Crippen LogP contribution is -2.54. The van der Waals surface area contributed by atoms with Crippen molar-refractivity contribution >= 4 is 61.1 Å². The molecule has 54 heavy (non-hydrogen) atoms. The fourth-order valence-corrected chi connectivity index (χ4v) is 10.6. The molecule has 0 aliphatic carbocycles. The monoisotopic (exact) mass is 706 g/mol. The quantitative estimate of drug-likeness (QED) is 0.209. The molecule has 3 fully saturated rings. The zero-order valence-electron chi connectivity index (χ0n) is 29.7. The molecular weight excluding hydrogens is 669 g/mol. The van der Waals surface area contributed by atoms with E-state index in [4.69, 9.17) is 4.98 Å². The number of fused-ring (bicyclic) bond motifs is 15. The third-order valence-corrected chi connectivity index (χ3v) is 12.8. The lowest BCUT2D eigenvalue weighted by atomic mass is 9.91. The molecule has 3 saturated heterocycles. The maximum atomic E-state index is 5.14. The number of imidazole rings is 3. The average Bonchev–Trinajstić information content (AvgIpc) is 4.05. The van der Waals surface area contributed by atoms with Gasteiger partial charge in [0.25, 0.3) is 0 Å². The first-order valence-electron chi connectivity index (χ1n) is 19.4. The number of piperidine rings is 2. The molecule has 0 bridgehead atoms. The number of hydrogen-bond donors (Lipinski definition) is 2. The summed E-state index contributed by atoms with van der Waals surface area (Å²) in [5.74, 6) is 2.90. The Bertz CT molecular complexity index is 3030. The van der Waals surface area contributed by atoms with Crippen LogP contribution in [0.2, 0.25) is 0 Å².